The first-order chi connectivity index (χ1) is 14.1. The van der Waals surface area contributed by atoms with E-state index in [0.717, 1.165) is 21.9 Å². The molecule has 29 heavy (non-hydrogen) atoms. The molecule has 0 bridgehead atoms. The van der Waals surface area contributed by atoms with Crippen LogP contribution < -0.4 is 9.47 Å². The summed E-state index contributed by atoms with van der Waals surface area (Å²) in [6.07, 6.45) is 8.01. The minimum absolute atomic E-state index is 0.0584. The summed E-state index contributed by atoms with van der Waals surface area (Å²) in [7, 11) is 1.57. The lowest BCUT2D eigenvalue weighted by Gasteiger charge is -2.14. The minimum Gasteiger partial charge on any atom is -0.493 e. The maximum absolute atomic E-state index is 11.6. The monoisotopic (exact) mass is 450 g/mol. The van der Waals surface area contributed by atoms with E-state index in [-0.39, 0.29) is 6.61 Å². The van der Waals surface area contributed by atoms with Crippen molar-refractivity contribution in [2.75, 3.05) is 13.7 Å². The second kappa shape index (κ2) is 9.81. The summed E-state index contributed by atoms with van der Waals surface area (Å²) in [4.78, 5) is 11.6. The van der Waals surface area contributed by atoms with Gasteiger partial charge in [0.2, 0.25) is 0 Å². The third kappa shape index (κ3) is 5.18. The molecule has 0 heterocycles. The predicted molar refractivity (Wildman–Crippen MR) is 118 cm³/mol. The van der Waals surface area contributed by atoms with Gasteiger partial charge < -0.3 is 14.2 Å². The molecule has 0 atom stereocenters. The molecule has 3 aromatic rings. The van der Waals surface area contributed by atoms with Crippen molar-refractivity contribution in [3.05, 3.63) is 76.3 Å². The first-order valence-corrected chi connectivity index (χ1v) is 9.67. The zero-order valence-corrected chi connectivity index (χ0v) is 17.4. The van der Waals surface area contributed by atoms with E-state index < -0.39 is 5.97 Å². The van der Waals surface area contributed by atoms with Crippen LogP contribution in [0.3, 0.4) is 0 Å². The van der Waals surface area contributed by atoms with Crippen LogP contribution in [0.5, 0.6) is 11.5 Å². The molecule has 0 aliphatic carbocycles. The van der Waals surface area contributed by atoms with E-state index in [2.05, 4.69) is 40.0 Å². The Labute approximate surface area is 178 Å². The van der Waals surface area contributed by atoms with Crippen LogP contribution in [0.2, 0.25) is 0 Å². The van der Waals surface area contributed by atoms with Gasteiger partial charge in [-0.25, -0.2) is 4.79 Å². The highest BCUT2D eigenvalue weighted by Gasteiger charge is 2.12. The van der Waals surface area contributed by atoms with Crippen molar-refractivity contribution in [3.8, 4) is 23.8 Å². The lowest BCUT2D eigenvalue weighted by Crippen LogP contribution is -2.01. The van der Waals surface area contributed by atoms with Crippen molar-refractivity contribution in [1.29, 1.82) is 0 Å². The van der Waals surface area contributed by atoms with E-state index in [4.69, 9.17) is 20.6 Å². The fourth-order valence-corrected chi connectivity index (χ4v) is 3.44. The number of halogens is 1. The number of fused-ring (bicyclic) bond motifs is 1. The summed E-state index contributed by atoms with van der Waals surface area (Å²) < 4.78 is 17.1. The molecule has 0 amide bonds. The van der Waals surface area contributed by atoms with Crippen molar-refractivity contribution < 1.29 is 19.0 Å². The smallest absolute Gasteiger partial charge is 0.331 e. The molecule has 3 aromatic carbocycles. The van der Waals surface area contributed by atoms with Crippen LogP contribution in [-0.4, -0.2) is 19.7 Å². The summed E-state index contributed by atoms with van der Waals surface area (Å²) in [6.45, 7) is 0.334. The third-order valence-corrected chi connectivity index (χ3v) is 4.80. The van der Waals surface area contributed by atoms with E-state index in [1.165, 1.54) is 6.08 Å². The van der Waals surface area contributed by atoms with Crippen LogP contribution in [0, 0.1) is 12.3 Å². The first kappa shape index (κ1) is 20.5. The second-order valence-corrected chi connectivity index (χ2v) is 6.96. The van der Waals surface area contributed by atoms with Crippen molar-refractivity contribution in [2.45, 2.75) is 6.61 Å². The molecule has 3 rings (SSSR count). The van der Waals surface area contributed by atoms with Crippen molar-refractivity contribution in [2.24, 2.45) is 0 Å². The Balaban J connectivity index is 1.80. The number of hydrogen-bond donors (Lipinski definition) is 0. The number of hydrogen-bond acceptors (Lipinski definition) is 4. The fraction of sp³-hybridized carbons (Fsp3) is 0.125. The van der Waals surface area contributed by atoms with Crippen molar-refractivity contribution >= 4 is 38.7 Å². The highest BCUT2D eigenvalue weighted by molar-refractivity contribution is 9.10. The zero-order valence-electron chi connectivity index (χ0n) is 15.9. The Kier molecular flexibility index (Phi) is 6.94. The van der Waals surface area contributed by atoms with Crippen LogP contribution in [0.1, 0.15) is 11.1 Å². The number of carbonyl (C=O) groups excluding carboxylic acids is 1. The molecule has 0 unspecified atom stereocenters. The Hall–Kier alpha value is -3.23. The molecule has 0 saturated heterocycles. The third-order valence-electron chi connectivity index (χ3n) is 4.21. The van der Waals surface area contributed by atoms with Gasteiger partial charge in [-0.3, -0.25) is 0 Å². The number of methoxy groups -OCH3 is 1. The number of esters is 1. The average molecular weight is 451 g/mol. The van der Waals surface area contributed by atoms with Crippen molar-refractivity contribution in [1.82, 2.24) is 0 Å². The maximum atomic E-state index is 11.6. The Morgan fingerprint density at radius 3 is 2.76 bits per heavy atom. The van der Waals surface area contributed by atoms with Gasteiger partial charge in [0.15, 0.2) is 18.1 Å². The van der Waals surface area contributed by atoms with Gasteiger partial charge in [-0.1, -0.05) is 48.4 Å². The van der Waals surface area contributed by atoms with Gasteiger partial charge in [-0.2, -0.15) is 0 Å². The van der Waals surface area contributed by atoms with Gasteiger partial charge >= 0.3 is 5.97 Å². The molecule has 146 valence electrons. The molecule has 0 aliphatic rings. The maximum Gasteiger partial charge on any atom is 0.331 e. The van der Waals surface area contributed by atoms with Crippen LogP contribution >= 0.6 is 15.9 Å². The molecule has 0 fully saturated rings. The van der Waals surface area contributed by atoms with E-state index in [0.29, 0.717) is 22.6 Å². The number of rotatable bonds is 7. The number of benzene rings is 3. The minimum atomic E-state index is -0.505. The summed E-state index contributed by atoms with van der Waals surface area (Å²) in [6, 6.07) is 17.9. The lowest BCUT2D eigenvalue weighted by molar-refractivity contribution is -0.136. The van der Waals surface area contributed by atoms with Gasteiger partial charge in [-0.15, -0.1) is 6.42 Å². The predicted octanol–water partition coefficient (Wildman–Crippen LogP) is 5.38. The quantitative estimate of drug-likeness (QED) is 0.275. The van der Waals surface area contributed by atoms with Gasteiger partial charge in [0.25, 0.3) is 0 Å². The molecule has 4 nitrogen and oxygen atoms in total. The van der Waals surface area contributed by atoms with E-state index in [1.54, 1.807) is 19.3 Å². The van der Waals surface area contributed by atoms with E-state index in [9.17, 15) is 4.79 Å². The highest BCUT2D eigenvalue weighted by atomic mass is 79.9. The highest BCUT2D eigenvalue weighted by Crippen LogP contribution is 2.38. The van der Waals surface area contributed by atoms with Gasteiger partial charge in [0, 0.05) is 6.08 Å². The largest absolute Gasteiger partial charge is 0.493 e. The van der Waals surface area contributed by atoms with Gasteiger partial charge in [0.1, 0.15) is 6.61 Å². The molecule has 5 heteroatoms. The number of carbonyl (C=O) groups is 1. The van der Waals surface area contributed by atoms with E-state index >= 15 is 0 Å². The zero-order chi connectivity index (χ0) is 20.6. The summed E-state index contributed by atoms with van der Waals surface area (Å²) in [5, 5.41) is 2.31. The average Bonchev–Trinajstić information content (AvgIpc) is 2.75. The molecule has 0 saturated carbocycles. The second-order valence-electron chi connectivity index (χ2n) is 6.11. The summed E-state index contributed by atoms with van der Waals surface area (Å²) >= 11 is 3.53. The van der Waals surface area contributed by atoms with Crippen LogP contribution in [0.25, 0.3) is 16.8 Å². The van der Waals surface area contributed by atoms with Crippen molar-refractivity contribution in [3.63, 3.8) is 0 Å². The molecular weight excluding hydrogens is 432 g/mol. The molecule has 0 aliphatic heterocycles. The number of ether oxygens (including phenoxy) is 3. The Morgan fingerprint density at radius 1 is 1.17 bits per heavy atom. The first-order valence-electron chi connectivity index (χ1n) is 8.87. The Bertz CT molecular complexity index is 1090. The number of terminal acetylenes is 1. The fourth-order valence-electron chi connectivity index (χ4n) is 2.87. The lowest BCUT2D eigenvalue weighted by atomic mass is 10.1. The van der Waals surface area contributed by atoms with E-state index in [1.807, 2.05) is 30.3 Å². The molecule has 0 N–H and O–H groups in total. The topological polar surface area (TPSA) is 44.8 Å². The van der Waals surface area contributed by atoms with Crippen LogP contribution in [0.15, 0.2) is 65.1 Å². The molecular formula is C24H19BrO4. The standard InChI is InChI=1S/C24H19BrO4/c1-3-13-28-23(26)12-11-17-14-21(25)24(22(15-17)27-2)29-16-19-9-6-8-18-7-4-5-10-20(18)19/h1,4-12,14-15H,13,16H2,2H3/b12-11+. The van der Waals surface area contributed by atoms with Gasteiger partial charge in [-0.05, 0) is 56.0 Å². The molecule has 0 radical (unpaired) electrons. The normalized spacial score (nSPS) is 10.7. The molecule has 0 aromatic heterocycles. The van der Waals surface area contributed by atoms with Gasteiger partial charge in [0.05, 0.1) is 11.6 Å². The summed E-state index contributed by atoms with van der Waals surface area (Å²) in [5.41, 5.74) is 1.83. The van der Waals surface area contributed by atoms with Crippen LogP contribution in [0.4, 0.5) is 0 Å². The SMILES string of the molecule is C#CCOC(=O)/C=C/c1cc(Br)c(OCc2cccc3ccccc23)c(OC)c1. The van der Waals surface area contributed by atoms with Crippen LogP contribution in [-0.2, 0) is 16.1 Å². The molecule has 0 spiro atoms. The summed E-state index contributed by atoms with van der Waals surface area (Å²) in [5.74, 6) is 2.89. The Morgan fingerprint density at radius 2 is 1.97 bits per heavy atom.